The van der Waals surface area contributed by atoms with Gasteiger partial charge in [0.25, 0.3) is 0 Å². The number of rotatable bonds is 3. The second-order valence-electron chi connectivity index (χ2n) is 1.40. The topological polar surface area (TPSA) is 9.23 Å². The van der Waals surface area contributed by atoms with E-state index in [4.69, 9.17) is 16.3 Å². The van der Waals surface area contributed by atoms with Crippen molar-refractivity contribution in [1.29, 1.82) is 0 Å². The fraction of sp³-hybridized carbons (Fsp3) is 0.143. The predicted octanol–water partition coefficient (Wildman–Crippen LogP) is 2.46. The minimum absolute atomic E-state index is 0.437. The Morgan fingerprint density at radius 3 is 2.33 bits per heavy atom. The molecule has 0 fully saturated rings. The first-order chi connectivity index (χ1) is 4.20. The van der Waals surface area contributed by atoms with Gasteiger partial charge in [-0.25, -0.2) is 0 Å². The first-order valence-corrected chi connectivity index (χ1v) is 2.81. The van der Waals surface area contributed by atoms with Crippen LogP contribution in [0.4, 0.5) is 0 Å². The van der Waals surface area contributed by atoms with E-state index < -0.39 is 0 Å². The van der Waals surface area contributed by atoms with Crippen LogP contribution in [0.2, 0.25) is 0 Å². The maximum absolute atomic E-state index is 5.43. The molecular formula is C7H9ClO. The molecule has 0 spiro atoms. The molecular weight excluding hydrogens is 136 g/mol. The van der Waals surface area contributed by atoms with Crippen molar-refractivity contribution in [2.45, 2.75) is 0 Å². The average Bonchev–Trinajstić information content (AvgIpc) is 1.82. The molecule has 0 N–H and O–H groups in total. The van der Waals surface area contributed by atoms with Crippen molar-refractivity contribution in [3.8, 4) is 0 Å². The molecule has 50 valence electrons. The van der Waals surface area contributed by atoms with Gasteiger partial charge in [-0.05, 0) is 12.2 Å². The van der Waals surface area contributed by atoms with E-state index in [2.05, 4.69) is 13.2 Å². The van der Waals surface area contributed by atoms with E-state index >= 15 is 0 Å². The van der Waals surface area contributed by atoms with Crippen LogP contribution in [-0.4, -0.2) is 7.11 Å². The summed E-state index contributed by atoms with van der Waals surface area (Å²) >= 11 is 5.43. The molecule has 0 saturated carbocycles. The van der Waals surface area contributed by atoms with E-state index in [1.54, 1.807) is 19.3 Å². The minimum Gasteiger partial charge on any atom is -0.497 e. The van der Waals surface area contributed by atoms with Crippen LogP contribution in [0.15, 0.2) is 36.1 Å². The number of ether oxygens (including phenoxy) is 1. The van der Waals surface area contributed by atoms with Crippen molar-refractivity contribution in [3.05, 3.63) is 36.1 Å². The third-order valence-electron chi connectivity index (χ3n) is 0.736. The van der Waals surface area contributed by atoms with Crippen molar-refractivity contribution >= 4 is 11.6 Å². The summed E-state index contributed by atoms with van der Waals surface area (Å²) in [5.41, 5.74) is 0. The van der Waals surface area contributed by atoms with Gasteiger partial charge >= 0.3 is 0 Å². The van der Waals surface area contributed by atoms with Gasteiger partial charge in [-0.3, -0.25) is 0 Å². The standard InChI is InChI=1S/C7H9ClO/c1-4-7(9-3)5-6(2)8/h4-5H,1-2H2,3H3/b7-5+. The first-order valence-electron chi connectivity index (χ1n) is 2.43. The van der Waals surface area contributed by atoms with Gasteiger partial charge in [-0.1, -0.05) is 24.8 Å². The number of methoxy groups -OCH3 is 1. The maximum Gasteiger partial charge on any atom is 0.119 e. The molecule has 0 heterocycles. The molecule has 0 bridgehead atoms. The highest BCUT2D eigenvalue weighted by Gasteiger charge is 1.86. The highest BCUT2D eigenvalue weighted by atomic mass is 35.5. The quantitative estimate of drug-likeness (QED) is 0.437. The molecule has 0 aliphatic carbocycles. The van der Waals surface area contributed by atoms with E-state index in [1.165, 1.54) is 0 Å². The Balaban J connectivity index is 4.07. The molecule has 0 aliphatic rings. The smallest absolute Gasteiger partial charge is 0.119 e. The molecule has 9 heavy (non-hydrogen) atoms. The summed E-state index contributed by atoms with van der Waals surface area (Å²) in [5, 5.41) is 0.437. The molecule has 0 rings (SSSR count). The fourth-order valence-electron chi connectivity index (χ4n) is 0.356. The molecule has 0 amide bonds. The van der Waals surface area contributed by atoms with Gasteiger partial charge in [-0.2, -0.15) is 0 Å². The SMILES string of the molecule is C=C/C(=C\C(=C)Cl)OC. The Bertz CT molecular complexity index is 147. The summed E-state index contributed by atoms with van der Waals surface area (Å²) in [7, 11) is 1.55. The number of hydrogen-bond acceptors (Lipinski definition) is 1. The predicted molar refractivity (Wildman–Crippen MR) is 40.3 cm³/mol. The van der Waals surface area contributed by atoms with Crippen LogP contribution in [0.5, 0.6) is 0 Å². The number of allylic oxidation sites excluding steroid dienone is 3. The summed E-state index contributed by atoms with van der Waals surface area (Å²) < 4.78 is 4.81. The Morgan fingerprint density at radius 1 is 1.67 bits per heavy atom. The van der Waals surface area contributed by atoms with E-state index in [1.807, 2.05) is 0 Å². The number of halogens is 1. The molecule has 0 aromatic heterocycles. The van der Waals surface area contributed by atoms with Crippen molar-refractivity contribution in [2.75, 3.05) is 7.11 Å². The fourth-order valence-corrected chi connectivity index (χ4v) is 0.463. The Kier molecular flexibility index (Phi) is 3.89. The summed E-state index contributed by atoms with van der Waals surface area (Å²) in [4.78, 5) is 0. The van der Waals surface area contributed by atoms with E-state index in [0.29, 0.717) is 10.8 Å². The lowest BCUT2D eigenvalue weighted by Crippen LogP contribution is -1.79. The zero-order valence-corrected chi connectivity index (χ0v) is 6.11. The van der Waals surface area contributed by atoms with Crippen LogP contribution < -0.4 is 0 Å². The lowest BCUT2D eigenvalue weighted by atomic mass is 10.4. The van der Waals surface area contributed by atoms with Crippen molar-refractivity contribution in [1.82, 2.24) is 0 Å². The molecule has 0 aromatic rings. The molecule has 0 atom stereocenters. The average molecular weight is 145 g/mol. The van der Waals surface area contributed by atoms with Gasteiger partial charge in [0.1, 0.15) is 5.76 Å². The highest BCUT2D eigenvalue weighted by molar-refractivity contribution is 6.30. The molecule has 1 nitrogen and oxygen atoms in total. The molecule has 0 aromatic carbocycles. The molecule has 0 saturated heterocycles. The Morgan fingerprint density at radius 2 is 2.22 bits per heavy atom. The normalized spacial score (nSPS) is 10.7. The van der Waals surface area contributed by atoms with Gasteiger partial charge in [0.05, 0.1) is 7.11 Å². The summed E-state index contributed by atoms with van der Waals surface area (Å²) in [6, 6.07) is 0. The van der Waals surface area contributed by atoms with E-state index in [9.17, 15) is 0 Å². The highest BCUT2D eigenvalue weighted by Crippen LogP contribution is 2.05. The summed E-state index contributed by atoms with van der Waals surface area (Å²) in [5.74, 6) is 0.620. The summed E-state index contributed by atoms with van der Waals surface area (Å²) in [6.45, 7) is 6.94. The summed E-state index contributed by atoms with van der Waals surface area (Å²) in [6.07, 6.45) is 3.15. The van der Waals surface area contributed by atoms with Crippen molar-refractivity contribution in [3.63, 3.8) is 0 Å². The number of hydrogen-bond donors (Lipinski definition) is 0. The minimum atomic E-state index is 0.437. The van der Waals surface area contributed by atoms with E-state index in [-0.39, 0.29) is 0 Å². The van der Waals surface area contributed by atoms with Gasteiger partial charge in [0.15, 0.2) is 0 Å². The largest absolute Gasteiger partial charge is 0.497 e. The Hall–Kier alpha value is -0.690. The van der Waals surface area contributed by atoms with Crippen molar-refractivity contribution in [2.24, 2.45) is 0 Å². The molecule has 0 unspecified atom stereocenters. The van der Waals surface area contributed by atoms with Crippen LogP contribution in [0.1, 0.15) is 0 Å². The zero-order chi connectivity index (χ0) is 7.28. The van der Waals surface area contributed by atoms with Gasteiger partial charge in [-0.15, -0.1) is 0 Å². The third-order valence-corrected chi connectivity index (χ3v) is 0.845. The molecule has 0 radical (unpaired) electrons. The van der Waals surface area contributed by atoms with Crippen LogP contribution in [0.3, 0.4) is 0 Å². The van der Waals surface area contributed by atoms with Gasteiger partial charge in [0, 0.05) is 5.03 Å². The lowest BCUT2D eigenvalue weighted by molar-refractivity contribution is 0.307. The second kappa shape index (κ2) is 4.21. The van der Waals surface area contributed by atoms with Crippen LogP contribution in [0.25, 0.3) is 0 Å². The lowest BCUT2D eigenvalue weighted by Gasteiger charge is -1.96. The van der Waals surface area contributed by atoms with Crippen LogP contribution in [0, 0.1) is 0 Å². The zero-order valence-electron chi connectivity index (χ0n) is 5.36. The van der Waals surface area contributed by atoms with E-state index in [0.717, 1.165) is 0 Å². The third kappa shape index (κ3) is 3.86. The van der Waals surface area contributed by atoms with Crippen molar-refractivity contribution < 1.29 is 4.74 Å². The molecule has 2 heteroatoms. The monoisotopic (exact) mass is 144 g/mol. The second-order valence-corrected chi connectivity index (χ2v) is 1.89. The van der Waals surface area contributed by atoms with Gasteiger partial charge in [0.2, 0.25) is 0 Å². The Labute approximate surface area is 60.3 Å². The first kappa shape index (κ1) is 8.31. The maximum atomic E-state index is 5.43. The van der Waals surface area contributed by atoms with Gasteiger partial charge < -0.3 is 4.74 Å². The van der Waals surface area contributed by atoms with Crippen LogP contribution >= 0.6 is 11.6 Å². The van der Waals surface area contributed by atoms with Crippen LogP contribution in [-0.2, 0) is 4.74 Å². The molecule has 0 aliphatic heterocycles.